The first-order valence-electron chi connectivity index (χ1n) is 10.9. The van der Waals surface area contributed by atoms with Gasteiger partial charge in [0.2, 0.25) is 0 Å². The van der Waals surface area contributed by atoms with E-state index in [1.165, 1.54) is 10.5 Å². The van der Waals surface area contributed by atoms with Crippen LogP contribution in [0.3, 0.4) is 0 Å². The number of carbonyl (C=O) groups is 1. The first-order chi connectivity index (χ1) is 15.6. The molecule has 0 spiro atoms. The van der Waals surface area contributed by atoms with Crippen molar-refractivity contribution in [1.29, 1.82) is 0 Å². The predicted octanol–water partition coefficient (Wildman–Crippen LogP) is 5.67. The zero-order valence-electron chi connectivity index (χ0n) is 18.4. The number of likely N-dealkylation sites (tertiary alicyclic amines) is 1. The molecule has 2 heterocycles. The minimum absolute atomic E-state index is 0.157. The lowest BCUT2D eigenvalue weighted by atomic mass is 9.96. The number of amides is 1. The molecule has 32 heavy (non-hydrogen) atoms. The number of piperidine rings is 1. The Balaban J connectivity index is 1.33. The molecule has 0 aliphatic carbocycles. The zero-order chi connectivity index (χ0) is 22.5. The summed E-state index contributed by atoms with van der Waals surface area (Å²) in [7, 11) is 0. The maximum Gasteiger partial charge on any atom is 0.257 e. The summed E-state index contributed by atoms with van der Waals surface area (Å²) in [6.45, 7) is 5.48. The van der Waals surface area contributed by atoms with Crippen molar-refractivity contribution in [3.8, 4) is 11.3 Å². The smallest absolute Gasteiger partial charge is 0.257 e. The molecule has 1 N–H and O–H groups in total. The van der Waals surface area contributed by atoms with Crippen LogP contribution in [0.2, 0.25) is 5.02 Å². The van der Waals surface area contributed by atoms with Crippen LogP contribution in [0.15, 0.2) is 57.9 Å². The summed E-state index contributed by atoms with van der Waals surface area (Å²) in [6.07, 6.45) is 4.27. The summed E-state index contributed by atoms with van der Waals surface area (Å²) in [5.74, 6) is 0.810. The minimum atomic E-state index is -0.157. The second-order valence-electron chi connectivity index (χ2n) is 8.18. The summed E-state index contributed by atoms with van der Waals surface area (Å²) in [5.41, 5.74) is 3.05. The highest BCUT2D eigenvalue weighted by molar-refractivity contribution is 7.98. The first kappa shape index (κ1) is 22.9. The molecule has 0 radical (unpaired) electrons. The van der Waals surface area contributed by atoms with Crippen LogP contribution in [0.5, 0.6) is 0 Å². The van der Waals surface area contributed by atoms with Crippen LogP contribution in [0.1, 0.15) is 34.5 Å². The van der Waals surface area contributed by atoms with Gasteiger partial charge in [0, 0.05) is 23.5 Å². The summed E-state index contributed by atoms with van der Waals surface area (Å²) < 4.78 is 5.33. The zero-order valence-corrected chi connectivity index (χ0v) is 20.0. The topological polar surface area (TPSA) is 58.4 Å². The van der Waals surface area contributed by atoms with Gasteiger partial charge in [0.25, 0.3) is 5.91 Å². The van der Waals surface area contributed by atoms with Crippen LogP contribution < -0.4 is 5.32 Å². The Morgan fingerprint density at radius 1 is 1.19 bits per heavy atom. The molecule has 0 atom stereocenters. The quantitative estimate of drug-likeness (QED) is 0.452. The van der Waals surface area contributed by atoms with Crippen molar-refractivity contribution in [2.24, 2.45) is 5.92 Å². The number of aryl methyl sites for hydroxylation is 1. The van der Waals surface area contributed by atoms with Crippen molar-refractivity contribution < 1.29 is 9.32 Å². The molecule has 5 nitrogen and oxygen atoms in total. The molecule has 1 amide bonds. The summed E-state index contributed by atoms with van der Waals surface area (Å²) in [4.78, 5) is 16.8. The molecule has 0 saturated carbocycles. The van der Waals surface area contributed by atoms with Gasteiger partial charge in [-0.3, -0.25) is 9.69 Å². The van der Waals surface area contributed by atoms with Crippen molar-refractivity contribution in [2.45, 2.75) is 31.2 Å². The standard InChI is InChI=1S/C25H28ClN3O2S/c1-17-23(24(28-31-17)20-8-4-5-9-21(20)26)25(30)27-15-18-11-13-29(14-12-18)16-19-7-3-6-10-22(19)32-2/h3-10,18H,11-16H2,1-2H3,(H,27,30). The highest BCUT2D eigenvalue weighted by Gasteiger charge is 2.25. The molecule has 3 aromatic rings. The van der Waals surface area contributed by atoms with E-state index < -0.39 is 0 Å². The summed E-state index contributed by atoms with van der Waals surface area (Å²) >= 11 is 8.12. The van der Waals surface area contributed by atoms with Crippen LogP contribution in [-0.2, 0) is 6.54 Å². The molecule has 0 unspecified atom stereocenters. The van der Waals surface area contributed by atoms with Crippen molar-refractivity contribution in [3.63, 3.8) is 0 Å². The fourth-order valence-electron chi connectivity index (χ4n) is 4.23. The Labute approximate surface area is 198 Å². The van der Waals surface area contributed by atoms with Crippen LogP contribution in [0, 0.1) is 12.8 Å². The van der Waals surface area contributed by atoms with E-state index in [0.29, 0.717) is 40.1 Å². The van der Waals surface area contributed by atoms with Crippen LogP contribution in [0.4, 0.5) is 0 Å². The number of thioether (sulfide) groups is 1. The monoisotopic (exact) mass is 469 g/mol. The highest BCUT2D eigenvalue weighted by atomic mass is 35.5. The van der Waals surface area contributed by atoms with Gasteiger partial charge in [-0.15, -0.1) is 11.8 Å². The molecule has 1 aromatic heterocycles. The third-order valence-electron chi connectivity index (χ3n) is 6.06. The van der Waals surface area contributed by atoms with E-state index >= 15 is 0 Å². The number of hydrogen-bond donors (Lipinski definition) is 1. The predicted molar refractivity (Wildman–Crippen MR) is 130 cm³/mol. The average molecular weight is 470 g/mol. The molecule has 0 bridgehead atoms. The number of benzene rings is 2. The van der Waals surface area contributed by atoms with Crippen molar-refractivity contribution in [1.82, 2.24) is 15.4 Å². The van der Waals surface area contributed by atoms with Crippen molar-refractivity contribution >= 4 is 29.3 Å². The highest BCUT2D eigenvalue weighted by Crippen LogP contribution is 2.31. The first-order valence-corrected chi connectivity index (χ1v) is 12.5. The normalized spacial score (nSPS) is 15.1. The number of halogens is 1. The van der Waals surface area contributed by atoms with E-state index in [2.05, 4.69) is 45.9 Å². The number of hydrogen-bond acceptors (Lipinski definition) is 5. The van der Waals surface area contributed by atoms with Gasteiger partial charge in [0.15, 0.2) is 0 Å². The molecule has 168 valence electrons. The van der Waals surface area contributed by atoms with Gasteiger partial charge >= 0.3 is 0 Å². The van der Waals surface area contributed by atoms with E-state index in [0.717, 1.165) is 32.5 Å². The molecular weight excluding hydrogens is 442 g/mol. The molecule has 1 saturated heterocycles. The van der Waals surface area contributed by atoms with E-state index in [1.807, 2.05) is 18.2 Å². The second-order valence-corrected chi connectivity index (χ2v) is 9.44. The summed E-state index contributed by atoms with van der Waals surface area (Å²) in [5, 5.41) is 7.75. The van der Waals surface area contributed by atoms with Gasteiger partial charge in [-0.1, -0.05) is 53.2 Å². The third-order valence-corrected chi connectivity index (χ3v) is 7.23. The van der Waals surface area contributed by atoms with Gasteiger partial charge in [-0.25, -0.2) is 0 Å². The molecular formula is C25H28ClN3O2S. The van der Waals surface area contributed by atoms with Crippen molar-refractivity contribution in [2.75, 3.05) is 25.9 Å². The SMILES string of the molecule is CSc1ccccc1CN1CCC(CNC(=O)c2c(-c3ccccc3Cl)noc2C)CC1. The van der Waals surface area contributed by atoms with E-state index in [4.69, 9.17) is 16.1 Å². The Bertz CT molecular complexity index is 1080. The van der Waals surface area contributed by atoms with Gasteiger partial charge in [0.1, 0.15) is 17.0 Å². The van der Waals surface area contributed by atoms with Gasteiger partial charge in [-0.05, 0) is 62.7 Å². The van der Waals surface area contributed by atoms with Crippen LogP contribution in [0.25, 0.3) is 11.3 Å². The number of nitrogens with zero attached hydrogens (tertiary/aromatic N) is 2. The van der Waals surface area contributed by atoms with Crippen LogP contribution in [-0.4, -0.2) is 41.9 Å². The van der Waals surface area contributed by atoms with E-state index in [-0.39, 0.29) is 5.91 Å². The number of aromatic nitrogens is 1. The molecule has 1 fully saturated rings. The lowest BCUT2D eigenvalue weighted by Gasteiger charge is -2.32. The number of rotatable bonds is 7. The molecule has 7 heteroatoms. The third kappa shape index (κ3) is 5.20. The van der Waals surface area contributed by atoms with Crippen molar-refractivity contribution in [3.05, 3.63) is 70.4 Å². The Morgan fingerprint density at radius 2 is 1.91 bits per heavy atom. The lowest BCUT2D eigenvalue weighted by molar-refractivity contribution is 0.0934. The largest absolute Gasteiger partial charge is 0.360 e. The van der Waals surface area contributed by atoms with Crippen LogP contribution >= 0.6 is 23.4 Å². The van der Waals surface area contributed by atoms with Gasteiger partial charge < -0.3 is 9.84 Å². The molecule has 1 aliphatic rings. The Kier molecular flexibility index (Phi) is 7.55. The van der Waals surface area contributed by atoms with Gasteiger partial charge in [-0.2, -0.15) is 0 Å². The Morgan fingerprint density at radius 3 is 2.66 bits per heavy atom. The molecule has 2 aromatic carbocycles. The number of nitrogens with one attached hydrogen (secondary N) is 1. The van der Waals surface area contributed by atoms with Gasteiger partial charge in [0.05, 0.1) is 5.02 Å². The Hall–Kier alpha value is -2.28. The maximum atomic E-state index is 13.0. The minimum Gasteiger partial charge on any atom is -0.360 e. The van der Waals surface area contributed by atoms with E-state index in [1.54, 1.807) is 24.8 Å². The second kappa shape index (κ2) is 10.6. The molecule has 4 rings (SSSR count). The fraction of sp³-hybridized carbons (Fsp3) is 0.360. The average Bonchev–Trinajstić information content (AvgIpc) is 3.20. The maximum absolute atomic E-state index is 13.0. The molecule has 1 aliphatic heterocycles. The van der Waals surface area contributed by atoms with E-state index in [9.17, 15) is 4.79 Å². The lowest BCUT2D eigenvalue weighted by Crippen LogP contribution is -2.38. The fourth-order valence-corrected chi connectivity index (χ4v) is 5.06. The number of carbonyl (C=O) groups excluding carboxylic acids is 1. The summed E-state index contributed by atoms with van der Waals surface area (Å²) in [6, 6.07) is 16.0.